The summed E-state index contributed by atoms with van der Waals surface area (Å²) in [4.78, 5) is 33.2. The predicted molar refractivity (Wildman–Crippen MR) is 69.5 cm³/mol. The van der Waals surface area contributed by atoms with Crippen molar-refractivity contribution in [2.75, 3.05) is 0 Å². The number of imide groups is 1. The lowest BCUT2D eigenvalue weighted by Gasteiger charge is -2.20. The van der Waals surface area contributed by atoms with Crippen molar-refractivity contribution in [3.63, 3.8) is 0 Å². The zero-order valence-corrected chi connectivity index (χ0v) is 11.4. The molecule has 0 aromatic rings. The first-order valence-corrected chi connectivity index (χ1v) is 6.76. The lowest BCUT2D eigenvalue weighted by molar-refractivity contribution is -0.138. The van der Waals surface area contributed by atoms with E-state index in [1.807, 2.05) is 0 Å². The molecule has 0 aromatic heterocycles. The third kappa shape index (κ3) is 4.89. The molecule has 3 unspecified atom stereocenters. The van der Waals surface area contributed by atoms with E-state index in [2.05, 4.69) is 24.5 Å². The quantitative estimate of drug-likeness (QED) is 0.705. The molecule has 108 valence electrons. The van der Waals surface area contributed by atoms with E-state index in [0.717, 1.165) is 19.3 Å². The highest BCUT2D eigenvalue weighted by Gasteiger charge is 2.32. The summed E-state index contributed by atoms with van der Waals surface area (Å²) in [5, 5.41) is 13.4. The highest BCUT2D eigenvalue weighted by atomic mass is 16.4. The van der Waals surface area contributed by atoms with Crippen molar-refractivity contribution in [1.82, 2.24) is 10.6 Å². The lowest BCUT2D eigenvalue weighted by atomic mass is 9.94. The smallest absolute Gasteiger partial charge is 0.321 e. The van der Waals surface area contributed by atoms with Gasteiger partial charge in [-0.2, -0.15) is 0 Å². The highest BCUT2D eigenvalue weighted by molar-refractivity contribution is 5.95. The highest BCUT2D eigenvalue weighted by Crippen LogP contribution is 2.33. The first-order chi connectivity index (χ1) is 8.93. The third-order valence-electron chi connectivity index (χ3n) is 3.89. The summed E-state index contributed by atoms with van der Waals surface area (Å²) < 4.78 is 0. The fourth-order valence-electron chi connectivity index (χ4n) is 2.64. The third-order valence-corrected chi connectivity index (χ3v) is 3.89. The Morgan fingerprint density at radius 1 is 1.21 bits per heavy atom. The SMILES string of the molecule is CCC1CCC(NC(=O)NC(=O)CCC(=O)O)C1C. The van der Waals surface area contributed by atoms with Gasteiger partial charge in [-0.15, -0.1) is 0 Å². The monoisotopic (exact) mass is 270 g/mol. The number of carbonyl (C=O) groups excluding carboxylic acids is 2. The molecule has 1 rings (SSSR count). The molecule has 3 amide bonds. The van der Waals surface area contributed by atoms with Gasteiger partial charge in [0.2, 0.25) is 5.91 Å². The van der Waals surface area contributed by atoms with Crippen molar-refractivity contribution >= 4 is 17.9 Å². The molecule has 1 saturated carbocycles. The van der Waals surface area contributed by atoms with Gasteiger partial charge in [0.25, 0.3) is 0 Å². The van der Waals surface area contributed by atoms with Crippen molar-refractivity contribution in [1.29, 1.82) is 0 Å². The Balaban J connectivity index is 2.31. The van der Waals surface area contributed by atoms with E-state index in [1.54, 1.807) is 0 Å². The van der Waals surface area contributed by atoms with Crippen LogP contribution >= 0.6 is 0 Å². The van der Waals surface area contributed by atoms with E-state index in [9.17, 15) is 14.4 Å². The number of rotatable bonds is 5. The molecule has 0 heterocycles. The van der Waals surface area contributed by atoms with Crippen LogP contribution in [-0.4, -0.2) is 29.1 Å². The lowest BCUT2D eigenvalue weighted by Crippen LogP contribution is -2.45. The maximum Gasteiger partial charge on any atom is 0.321 e. The molecule has 6 heteroatoms. The Morgan fingerprint density at radius 3 is 2.42 bits per heavy atom. The molecule has 1 fully saturated rings. The molecule has 1 aliphatic rings. The zero-order valence-electron chi connectivity index (χ0n) is 11.4. The van der Waals surface area contributed by atoms with Gasteiger partial charge < -0.3 is 10.4 Å². The van der Waals surface area contributed by atoms with Gasteiger partial charge >= 0.3 is 12.0 Å². The van der Waals surface area contributed by atoms with Gasteiger partial charge in [0, 0.05) is 12.5 Å². The van der Waals surface area contributed by atoms with Crippen molar-refractivity contribution in [2.24, 2.45) is 11.8 Å². The Kier molecular flexibility index (Phi) is 5.79. The molecule has 6 nitrogen and oxygen atoms in total. The minimum Gasteiger partial charge on any atom is -0.481 e. The Morgan fingerprint density at radius 2 is 1.89 bits per heavy atom. The summed E-state index contributed by atoms with van der Waals surface area (Å²) in [5.74, 6) is -0.582. The molecule has 0 spiro atoms. The van der Waals surface area contributed by atoms with Gasteiger partial charge in [-0.05, 0) is 24.7 Å². The van der Waals surface area contributed by atoms with Gasteiger partial charge in [-0.3, -0.25) is 14.9 Å². The van der Waals surface area contributed by atoms with Gasteiger partial charge in [0.15, 0.2) is 0 Å². The van der Waals surface area contributed by atoms with E-state index >= 15 is 0 Å². The van der Waals surface area contributed by atoms with Gasteiger partial charge in [-0.25, -0.2) is 4.79 Å². The van der Waals surface area contributed by atoms with Crippen LogP contribution in [0.1, 0.15) is 46.0 Å². The largest absolute Gasteiger partial charge is 0.481 e. The van der Waals surface area contributed by atoms with Crippen LogP contribution in [0.4, 0.5) is 4.79 Å². The maximum absolute atomic E-state index is 11.6. The summed E-state index contributed by atoms with van der Waals surface area (Å²) in [6, 6.07) is -0.429. The molecular weight excluding hydrogens is 248 g/mol. The molecule has 0 radical (unpaired) electrons. The van der Waals surface area contributed by atoms with Crippen LogP contribution in [0.25, 0.3) is 0 Å². The normalized spacial score (nSPS) is 25.9. The molecular formula is C13H22N2O4. The average Bonchev–Trinajstić information content (AvgIpc) is 2.68. The van der Waals surface area contributed by atoms with Gasteiger partial charge in [0.1, 0.15) is 0 Å². The molecule has 0 bridgehead atoms. The minimum atomic E-state index is -1.05. The molecule has 19 heavy (non-hydrogen) atoms. The number of hydrogen-bond acceptors (Lipinski definition) is 3. The minimum absolute atomic E-state index is 0.0947. The molecule has 1 aliphatic carbocycles. The van der Waals surface area contributed by atoms with Crippen molar-refractivity contribution in [3.8, 4) is 0 Å². The second kappa shape index (κ2) is 7.11. The first kappa shape index (κ1) is 15.5. The van der Waals surface area contributed by atoms with Crippen LogP contribution < -0.4 is 10.6 Å². The van der Waals surface area contributed by atoms with E-state index in [0.29, 0.717) is 11.8 Å². The number of carboxylic acid groups (broad SMARTS) is 1. The van der Waals surface area contributed by atoms with Crippen molar-refractivity contribution in [3.05, 3.63) is 0 Å². The van der Waals surface area contributed by atoms with Crippen LogP contribution in [-0.2, 0) is 9.59 Å². The second-order valence-corrected chi connectivity index (χ2v) is 5.13. The van der Waals surface area contributed by atoms with E-state index in [4.69, 9.17) is 5.11 Å². The average molecular weight is 270 g/mol. The number of carbonyl (C=O) groups is 3. The summed E-state index contributed by atoms with van der Waals surface area (Å²) in [7, 11) is 0. The fraction of sp³-hybridized carbons (Fsp3) is 0.769. The van der Waals surface area contributed by atoms with Crippen molar-refractivity contribution in [2.45, 2.75) is 52.0 Å². The topological polar surface area (TPSA) is 95.5 Å². The predicted octanol–water partition coefficient (Wildman–Crippen LogP) is 1.50. The maximum atomic E-state index is 11.6. The Hall–Kier alpha value is -1.59. The summed E-state index contributed by atoms with van der Waals surface area (Å²) >= 11 is 0. The second-order valence-electron chi connectivity index (χ2n) is 5.13. The molecule has 0 aromatic carbocycles. The number of carboxylic acids is 1. The van der Waals surface area contributed by atoms with E-state index < -0.39 is 17.9 Å². The molecule has 0 saturated heterocycles. The van der Waals surface area contributed by atoms with Gasteiger partial charge in [-0.1, -0.05) is 20.3 Å². The summed E-state index contributed by atoms with van der Waals surface area (Å²) in [6.07, 6.45) is 2.67. The van der Waals surface area contributed by atoms with Crippen LogP contribution in [0.3, 0.4) is 0 Å². The molecule has 3 N–H and O–H groups in total. The number of nitrogens with one attached hydrogen (secondary N) is 2. The first-order valence-electron chi connectivity index (χ1n) is 6.76. The van der Waals surface area contributed by atoms with Crippen LogP contribution in [0, 0.1) is 11.8 Å². The van der Waals surface area contributed by atoms with Crippen LogP contribution in [0.15, 0.2) is 0 Å². The standard InChI is InChI=1S/C13H22N2O4/c1-3-9-4-5-10(8(9)2)14-13(19)15-11(16)6-7-12(17)18/h8-10H,3-7H2,1-2H3,(H,17,18)(H2,14,15,16,19). The Bertz CT molecular complexity index is 357. The Labute approximate surface area is 112 Å². The summed E-state index contributed by atoms with van der Waals surface area (Å²) in [6.45, 7) is 4.25. The van der Waals surface area contributed by atoms with Gasteiger partial charge in [0.05, 0.1) is 6.42 Å². The number of aliphatic carboxylic acids is 1. The summed E-state index contributed by atoms with van der Waals surface area (Å²) in [5.41, 5.74) is 0. The van der Waals surface area contributed by atoms with Crippen molar-refractivity contribution < 1.29 is 19.5 Å². The number of hydrogen-bond donors (Lipinski definition) is 3. The van der Waals surface area contributed by atoms with Crippen LogP contribution in [0.5, 0.6) is 0 Å². The number of amides is 3. The molecule has 0 aliphatic heterocycles. The zero-order chi connectivity index (χ0) is 14.4. The van der Waals surface area contributed by atoms with E-state index in [-0.39, 0.29) is 18.9 Å². The van der Waals surface area contributed by atoms with Crippen LogP contribution in [0.2, 0.25) is 0 Å². The molecule has 3 atom stereocenters. The number of urea groups is 1. The fourth-order valence-corrected chi connectivity index (χ4v) is 2.64. The van der Waals surface area contributed by atoms with E-state index in [1.165, 1.54) is 0 Å².